The van der Waals surface area contributed by atoms with Crippen molar-refractivity contribution >= 4 is 22.9 Å². The van der Waals surface area contributed by atoms with E-state index in [9.17, 15) is 0 Å². The monoisotopic (exact) mass is 264 g/mol. The third kappa shape index (κ3) is 2.09. The number of aromatic nitrogens is 2. The zero-order valence-electron chi connectivity index (χ0n) is 9.83. The Hall–Kier alpha value is -0.930. The van der Waals surface area contributed by atoms with Gasteiger partial charge in [-0.05, 0) is 38.8 Å². The van der Waals surface area contributed by atoms with Gasteiger partial charge in [-0.25, -0.2) is 9.97 Å². The van der Waals surface area contributed by atoms with E-state index in [1.54, 1.807) is 11.3 Å². The summed E-state index contributed by atoms with van der Waals surface area (Å²) in [6.45, 7) is 4.09. The first-order valence-corrected chi connectivity index (χ1v) is 6.95. The Morgan fingerprint density at radius 1 is 1.24 bits per heavy atom. The summed E-state index contributed by atoms with van der Waals surface area (Å²) in [7, 11) is 0. The smallest absolute Gasteiger partial charge is 0.136 e. The molecule has 0 aliphatic heterocycles. The van der Waals surface area contributed by atoms with Gasteiger partial charge in [0.25, 0.3) is 0 Å². The van der Waals surface area contributed by atoms with E-state index in [2.05, 4.69) is 24.0 Å². The molecular weight excluding hydrogens is 252 g/mol. The summed E-state index contributed by atoms with van der Waals surface area (Å²) < 4.78 is 0. The molecule has 1 aliphatic rings. The zero-order chi connectivity index (χ0) is 12.0. The van der Waals surface area contributed by atoms with Crippen molar-refractivity contribution in [2.24, 2.45) is 0 Å². The largest absolute Gasteiger partial charge is 0.231 e. The molecule has 0 radical (unpaired) electrons. The first-order valence-electron chi connectivity index (χ1n) is 5.76. The number of hydrogen-bond acceptors (Lipinski definition) is 3. The fourth-order valence-electron chi connectivity index (χ4n) is 1.83. The van der Waals surface area contributed by atoms with Crippen LogP contribution in [0, 0.1) is 13.8 Å². The highest BCUT2D eigenvalue weighted by Gasteiger charge is 2.28. The van der Waals surface area contributed by atoms with E-state index in [1.165, 1.54) is 22.6 Å². The third-order valence-corrected chi connectivity index (χ3v) is 4.40. The van der Waals surface area contributed by atoms with Gasteiger partial charge in [0.05, 0.1) is 10.6 Å². The highest BCUT2D eigenvalue weighted by Crippen LogP contribution is 2.40. The van der Waals surface area contributed by atoms with Crippen molar-refractivity contribution in [3.05, 3.63) is 33.6 Å². The maximum Gasteiger partial charge on any atom is 0.136 e. The Morgan fingerprint density at radius 3 is 2.59 bits per heavy atom. The van der Waals surface area contributed by atoms with E-state index in [-0.39, 0.29) is 0 Å². The molecule has 2 nitrogen and oxygen atoms in total. The molecule has 0 spiro atoms. The molecule has 0 aromatic carbocycles. The molecular formula is C13H13ClN2S. The highest BCUT2D eigenvalue weighted by atomic mass is 35.5. The predicted molar refractivity (Wildman–Crippen MR) is 71.8 cm³/mol. The third-order valence-electron chi connectivity index (χ3n) is 3.02. The van der Waals surface area contributed by atoms with E-state index in [0.29, 0.717) is 11.1 Å². The van der Waals surface area contributed by atoms with Crippen molar-refractivity contribution in [1.82, 2.24) is 9.97 Å². The van der Waals surface area contributed by atoms with Crippen LogP contribution in [0.1, 0.15) is 35.0 Å². The Bertz CT molecular complexity index is 573. The van der Waals surface area contributed by atoms with Gasteiger partial charge in [-0.1, -0.05) is 11.6 Å². The van der Waals surface area contributed by atoms with Crippen LogP contribution in [-0.4, -0.2) is 9.97 Å². The van der Waals surface area contributed by atoms with Crippen LogP contribution in [0.3, 0.4) is 0 Å². The maximum atomic E-state index is 6.20. The number of rotatable bonds is 2. The zero-order valence-corrected chi connectivity index (χ0v) is 11.4. The minimum atomic E-state index is 0.535. The van der Waals surface area contributed by atoms with E-state index in [4.69, 9.17) is 16.6 Å². The van der Waals surface area contributed by atoms with Gasteiger partial charge in [-0.2, -0.15) is 0 Å². The maximum absolute atomic E-state index is 6.20. The highest BCUT2D eigenvalue weighted by molar-refractivity contribution is 7.15. The molecule has 2 heterocycles. The average Bonchev–Trinajstić information content (AvgIpc) is 3.05. The summed E-state index contributed by atoms with van der Waals surface area (Å²) in [6.07, 6.45) is 2.39. The van der Waals surface area contributed by atoms with Crippen LogP contribution < -0.4 is 0 Å². The van der Waals surface area contributed by atoms with Gasteiger partial charge in [0.15, 0.2) is 0 Å². The van der Waals surface area contributed by atoms with Crippen LogP contribution in [0.25, 0.3) is 10.6 Å². The molecule has 4 heteroatoms. The Kier molecular flexibility index (Phi) is 2.68. The molecule has 0 atom stereocenters. The van der Waals surface area contributed by atoms with Crippen molar-refractivity contribution in [2.45, 2.75) is 32.6 Å². The average molecular weight is 265 g/mol. The summed E-state index contributed by atoms with van der Waals surface area (Å²) in [5.41, 5.74) is 1.99. The van der Waals surface area contributed by atoms with Gasteiger partial charge in [-0.3, -0.25) is 0 Å². The minimum absolute atomic E-state index is 0.535. The van der Waals surface area contributed by atoms with Crippen LogP contribution in [-0.2, 0) is 0 Å². The molecule has 1 aliphatic carbocycles. The molecule has 0 saturated heterocycles. The molecule has 1 saturated carbocycles. The van der Waals surface area contributed by atoms with Gasteiger partial charge in [0, 0.05) is 16.4 Å². The number of halogens is 1. The molecule has 17 heavy (non-hydrogen) atoms. The molecule has 0 N–H and O–H groups in total. The van der Waals surface area contributed by atoms with Gasteiger partial charge in [-0.15, -0.1) is 11.3 Å². The van der Waals surface area contributed by atoms with E-state index in [0.717, 1.165) is 17.1 Å². The van der Waals surface area contributed by atoms with Gasteiger partial charge in [0.1, 0.15) is 11.0 Å². The van der Waals surface area contributed by atoms with Crippen molar-refractivity contribution in [3.8, 4) is 10.6 Å². The number of hydrogen-bond donors (Lipinski definition) is 0. The SMILES string of the molecule is Cc1ccc(-c2nc(C3CC3)nc(Cl)c2C)s1. The molecule has 2 aromatic heterocycles. The Morgan fingerprint density at radius 2 is 2.00 bits per heavy atom. The van der Waals surface area contributed by atoms with Gasteiger partial charge >= 0.3 is 0 Å². The molecule has 0 unspecified atom stereocenters. The fourth-order valence-corrected chi connectivity index (χ4v) is 2.92. The summed E-state index contributed by atoms with van der Waals surface area (Å²) in [4.78, 5) is 11.6. The first kappa shape index (κ1) is 11.2. The van der Waals surface area contributed by atoms with Crippen LogP contribution in [0.15, 0.2) is 12.1 Å². The lowest BCUT2D eigenvalue weighted by Gasteiger charge is -2.07. The molecule has 0 amide bonds. The lowest BCUT2D eigenvalue weighted by Crippen LogP contribution is -1.98. The quantitative estimate of drug-likeness (QED) is 0.754. The Labute approximate surface area is 110 Å². The molecule has 2 aromatic rings. The normalized spacial score (nSPS) is 15.2. The summed E-state index contributed by atoms with van der Waals surface area (Å²) in [5.74, 6) is 1.45. The summed E-state index contributed by atoms with van der Waals surface area (Å²) >= 11 is 7.96. The Balaban J connectivity index is 2.13. The van der Waals surface area contributed by atoms with E-state index in [1.807, 2.05) is 6.92 Å². The minimum Gasteiger partial charge on any atom is -0.231 e. The van der Waals surface area contributed by atoms with Crippen LogP contribution in [0.2, 0.25) is 5.15 Å². The van der Waals surface area contributed by atoms with Crippen molar-refractivity contribution in [1.29, 1.82) is 0 Å². The number of nitrogens with zero attached hydrogens (tertiary/aromatic N) is 2. The molecule has 0 bridgehead atoms. The predicted octanol–water partition coefficient (Wildman–Crippen LogP) is 4.35. The van der Waals surface area contributed by atoms with Crippen LogP contribution in [0.4, 0.5) is 0 Å². The van der Waals surface area contributed by atoms with Gasteiger partial charge in [0.2, 0.25) is 0 Å². The van der Waals surface area contributed by atoms with E-state index >= 15 is 0 Å². The van der Waals surface area contributed by atoms with Crippen LogP contribution >= 0.6 is 22.9 Å². The topological polar surface area (TPSA) is 25.8 Å². The summed E-state index contributed by atoms with van der Waals surface area (Å²) in [6, 6.07) is 4.23. The van der Waals surface area contributed by atoms with Crippen molar-refractivity contribution in [2.75, 3.05) is 0 Å². The standard InChI is InChI=1S/C13H13ClN2S/c1-7-3-6-10(17-7)11-8(2)12(14)16-13(15-11)9-4-5-9/h3,6,9H,4-5H2,1-2H3. The lowest BCUT2D eigenvalue weighted by atomic mass is 10.2. The fraction of sp³-hybridized carbons (Fsp3) is 0.385. The lowest BCUT2D eigenvalue weighted by molar-refractivity contribution is 0.923. The second kappa shape index (κ2) is 4.07. The van der Waals surface area contributed by atoms with Gasteiger partial charge < -0.3 is 0 Å². The second-order valence-corrected chi connectivity index (χ2v) is 6.18. The molecule has 1 fully saturated rings. The van der Waals surface area contributed by atoms with Crippen LogP contribution in [0.5, 0.6) is 0 Å². The number of thiophene rings is 1. The van der Waals surface area contributed by atoms with Crippen molar-refractivity contribution < 1.29 is 0 Å². The van der Waals surface area contributed by atoms with Crippen molar-refractivity contribution in [3.63, 3.8) is 0 Å². The van der Waals surface area contributed by atoms with E-state index < -0.39 is 0 Å². The number of aryl methyl sites for hydroxylation is 1. The molecule has 88 valence electrons. The second-order valence-electron chi connectivity index (χ2n) is 4.53. The summed E-state index contributed by atoms with van der Waals surface area (Å²) in [5, 5.41) is 0.600. The first-order chi connectivity index (χ1) is 8.15. The molecule has 3 rings (SSSR count).